The molecule has 0 spiro atoms. The van der Waals surface area contributed by atoms with Crippen molar-refractivity contribution in [1.82, 2.24) is 19.9 Å². The summed E-state index contributed by atoms with van der Waals surface area (Å²) in [5.74, 6) is 1.59. The van der Waals surface area contributed by atoms with Gasteiger partial charge < -0.3 is 14.5 Å². The molecule has 0 saturated heterocycles. The van der Waals surface area contributed by atoms with Crippen LogP contribution in [-0.2, 0) is 0 Å². The second kappa shape index (κ2) is 6.08. The average molecular weight is 299 g/mol. The van der Waals surface area contributed by atoms with Crippen molar-refractivity contribution in [2.75, 3.05) is 19.5 Å². The van der Waals surface area contributed by atoms with E-state index >= 15 is 0 Å². The topological polar surface area (TPSA) is 101 Å². The summed E-state index contributed by atoms with van der Waals surface area (Å²) in [5.41, 5.74) is 1.83. The number of benzene rings is 1. The first kappa shape index (κ1) is 12.6. The van der Waals surface area contributed by atoms with Gasteiger partial charge in [0.15, 0.2) is 12.2 Å². The number of nitrogens with one attached hydrogen (secondary N) is 2. The molecule has 2 heterocycles. The van der Waals surface area contributed by atoms with Gasteiger partial charge in [-0.3, -0.25) is 9.98 Å². The fraction of sp³-hybridized carbons (Fsp3) is 0.143. The van der Waals surface area contributed by atoms with Gasteiger partial charge in [0.1, 0.15) is 13.4 Å². The predicted molar refractivity (Wildman–Crippen MR) is 79.6 cm³/mol. The number of oxazole rings is 1. The maximum Gasteiger partial charge on any atom is 0.226 e. The number of hydrogen-bond acceptors (Lipinski definition) is 7. The lowest BCUT2D eigenvalue weighted by atomic mass is 10.1. The smallest absolute Gasteiger partial charge is 0.226 e. The van der Waals surface area contributed by atoms with Crippen LogP contribution in [0.1, 0.15) is 1.37 Å². The molecule has 0 radical (unpaired) electrons. The molecule has 0 bridgehead atoms. The van der Waals surface area contributed by atoms with E-state index in [1.54, 1.807) is 26.4 Å². The highest BCUT2D eigenvalue weighted by Gasteiger charge is 2.10. The normalized spacial score (nSPS) is 12.1. The minimum atomic E-state index is -0.128. The zero-order chi connectivity index (χ0) is 16.2. The van der Waals surface area contributed by atoms with E-state index in [2.05, 4.69) is 30.2 Å². The summed E-state index contributed by atoms with van der Waals surface area (Å²) in [5, 5.41) is 3.05. The largest absolute Gasteiger partial charge is 0.496 e. The molecule has 3 aromatic rings. The number of nitrogens with zero attached hydrogens (tertiary/aromatic N) is 4. The van der Waals surface area contributed by atoms with Crippen LogP contribution in [0.3, 0.4) is 0 Å². The first-order valence-electron chi connectivity index (χ1n) is 6.91. The zero-order valence-electron chi connectivity index (χ0n) is 13.0. The highest BCUT2D eigenvalue weighted by molar-refractivity contribution is 5.70. The van der Waals surface area contributed by atoms with Gasteiger partial charge in [0, 0.05) is 18.8 Å². The monoisotopic (exact) mass is 299 g/mol. The van der Waals surface area contributed by atoms with Gasteiger partial charge in [0.2, 0.25) is 11.6 Å². The van der Waals surface area contributed by atoms with E-state index in [0.717, 1.165) is 11.3 Å². The lowest BCUT2D eigenvalue weighted by Gasteiger charge is -2.10. The molecular formula is C14H14N6O2. The van der Waals surface area contributed by atoms with Crippen LogP contribution in [0.25, 0.3) is 11.3 Å². The summed E-state index contributed by atoms with van der Waals surface area (Å²) in [4.78, 5) is 18.5. The van der Waals surface area contributed by atoms with Crippen LogP contribution in [0.15, 0.2) is 46.5 Å². The maximum atomic E-state index is 7.57. The summed E-state index contributed by atoms with van der Waals surface area (Å²) < 4.78 is 18.2. The molecule has 8 heteroatoms. The molecule has 0 unspecified atom stereocenters. The third-order valence-corrected chi connectivity index (χ3v) is 2.92. The van der Waals surface area contributed by atoms with Crippen molar-refractivity contribution < 1.29 is 10.5 Å². The molecule has 0 aliphatic heterocycles. The SMILES string of the molecule is [2H]c1nc(Nc2ccc(-c3cnco3)c(OC)c2)[nH]c(=NC)n1. The van der Waals surface area contributed by atoms with E-state index in [1.165, 1.54) is 6.39 Å². The predicted octanol–water partition coefficient (Wildman–Crippen LogP) is 1.74. The maximum absolute atomic E-state index is 7.57. The van der Waals surface area contributed by atoms with Gasteiger partial charge in [-0.05, 0) is 12.1 Å². The highest BCUT2D eigenvalue weighted by Crippen LogP contribution is 2.32. The number of aromatic nitrogens is 4. The Kier molecular flexibility index (Phi) is 3.48. The fourth-order valence-corrected chi connectivity index (χ4v) is 1.91. The standard InChI is InChI=1S/C14H14N6O2/c1-15-13-17-7-18-14(20-13)19-9-3-4-10(11(5-9)21-2)12-6-16-8-22-12/h3-8H,1-2H3,(H2,15,17,18,19,20)/i7D. The van der Waals surface area contributed by atoms with E-state index in [4.69, 9.17) is 10.5 Å². The molecule has 0 aliphatic rings. The van der Waals surface area contributed by atoms with Crippen molar-refractivity contribution in [2.24, 2.45) is 4.99 Å². The molecular weight excluding hydrogens is 284 g/mol. The van der Waals surface area contributed by atoms with E-state index in [0.29, 0.717) is 23.1 Å². The summed E-state index contributed by atoms with van der Waals surface area (Å²) in [6, 6.07) is 5.47. The number of rotatable bonds is 4. The second-order valence-electron chi connectivity index (χ2n) is 4.25. The van der Waals surface area contributed by atoms with Crippen LogP contribution in [-0.4, -0.2) is 34.1 Å². The van der Waals surface area contributed by atoms with Gasteiger partial charge in [-0.15, -0.1) is 0 Å². The molecule has 112 valence electrons. The molecule has 0 atom stereocenters. The van der Waals surface area contributed by atoms with Gasteiger partial charge in [-0.1, -0.05) is 0 Å². The van der Waals surface area contributed by atoms with E-state index in [-0.39, 0.29) is 6.30 Å². The number of anilines is 2. The Morgan fingerprint density at radius 3 is 3.05 bits per heavy atom. The molecule has 0 saturated carbocycles. The van der Waals surface area contributed by atoms with Crippen LogP contribution in [0.2, 0.25) is 0 Å². The molecule has 2 aromatic heterocycles. The molecule has 8 nitrogen and oxygen atoms in total. The van der Waals surface area contributed by atoms with Gasteiger partial charge in [0.05, 0.1) is 18.9 Å². The van der Waals surface area contributed by atoms with E-state index in [9.17, 15) is 0 Å². The average Bonchev–Trinajstić information content (AvgIpc) is 3.08. The van der Waals surface area contributed by atoms with Gasteiger partial charge in [0.25, 0.3) is 0 Å². The zero-order valence-corrected chi connectivity index (χ0v) is 12.0. The van der Waals surface area contributed by atoms with Crippen molar-refractivity contribution in [2.45, 2.75) is 0 Å². The van der Waals surface area contributed by atoms with Crippen molar-refractivity contribution in [3.8, 4) is 17.1 Å². The van der Waals surface area contributed by atoms with Crippen molar-refractivity contribution in [3.05, 3.63) is 42.7 Å². The Balaban J connectivity index is 1.94. The molecule has 22 heavy (non-hydrogen) atoms. The third-order valence-electron chi connectivity index (χ3n) is 2.92. The minimum absolute atomic E-state index is 0.128. The fourth-order valence-electron chi connectivity index (χ4n) is 1.91. The summed E-state index contributed by atoms with van der Waals surface area (Å²) >= 11 is 0. The Morgan fingerprint density at radius 2 is 2.32 bits per heavy atom. The molecule has 3 rings (SSSR count). The minimum Gasteiger partial charge on any atom is -0.496 e. The third kappa shape index (κ3) is 2.80. The summed E-state index contributed by atoms with van der Waals surface area (Å²) in [6.45, 7) is 0. The number of methoxy groups -OCH3 is 1. The first-order chi connectivity index (χ1) is 11.2. The number of aromatic amines is 1. The quantitative estimate of drug-likeness (QED) is 0.761. The van der Waals surface area contributed by atoms with E-state index in [1.807, 2.05) is 12.1 Å². The molecule has 2 N–H and O–H groups in total. The summed E-state index contributed by atoms with van der Waals surface area (Å²) in [6.07, 6.45) is 2.85. The molecule has 0 fully saturated rings. The number of ether oxygens (including phenoxy) is 1. The molecule has 0 aliphatic carbocycles. The van der Waals surface area contributed by atoms with Crippen molar-refractivity contribution in [1.29, 1.82) is 0 Å². The second-order valence-corrected chi connectivity index (χ2v) is 4.25. The van der Waals surface area contributed by atoms with Crippen molar-refractivity contribution >= 4 is 11.6 Å². The lowest BCUT2D eigenvalue weighted by Crippen LogP contribution is -2.14. The van der Waals surface area contributed by atoms with Crippen molar-refractivity contribution in [3.63, 3.8) is 0 Å². The Bertz CT molecular complexity index is 875. The van der Waals surface area contributed by atoms with E-state index < -0.39 is 0 Å². The van der Waals surface area contributed by atoms with Crippen LogP contribution < -0.4 is 15.7 Å². The molecule has 0 amide bonds. The highest BCUT2D eigenvalue weighted by atomic mass is 16.5. The van der Waals surface area contributed by atoms with Gasteiger partial charge in [-0.2, -0.15) is 0 Å². The Hall–Kier alpha value is -3.16. The first-order valence-corrected chi connectivity index (χ1v) is 6.41. The van der Waals surface area contributed by atoms with Gasteiger partial charge in [-0.25, -0.2) is 15.0 Å². The Labute approximate surface area is 127 Å². The van der Waals surface area contributed by atoms with Crippen LogP contribution in [0.4, 0.5) is 11.6 Å². The lowest BCUT2D eigenvalue weighted by molar-refractivity contribution is 0.415. The number of hydrogen-bond donors (Lipinski definition) is 2. The molecule has 1 aromatic carbocycles. The van der Waals surface area contributed by atoms with Gasteiger partial charge >= 0.3 is 0 Å². The number of H-pyrrole nitrogens is 1. The van der Waals surface area contributed by atoms with Crippen LogP contribution >= 0.6 is 0 Å². The summed E-state index contributed by atoms with van der Waals surface area (Å²) in [7, 11) is 3.16. The Morgan fingerprint density at radius 1 is 1.41 bits per heavy atom. The van der Waals surface area contributed by atoms with Crippen LogP contribution in [0, 0.1) is 0 Å². The van der Waals surface area contributed by atoms with Crippen LogP contribution in [0.5, 0.6) is 5.75 Å².